The normalized spacial score (nSPS) is 12.8. The number of benzene rings is 1. The van der Waals surface area contributed by atoms with E-state index in [2.05, 4.69) is 0 Å². The van der Waals surface area contributed by atoms with Crippen LogP contribution in [-0.2, 0) is 11.3 Å². The van der Waals surface area contributed by atoms with Crippen molar-refractivity contribution < 1.29 is 13.9 Å². The average molecular weight is 256 g/mol. The predicted molar refractivity (Wildman–Crippen MR) is 69.1 cm³/mol. The monoisotopic (exact) mass is 256 g/mol. The maximum atomic E-state index is 13.5. The molecule has 1 rings (SSSR count). The van der Waals surface area contributed by atoms with Gasteiger partial charge in [0.15, 0.2) is 11.6 Å². The minimum absolute atomic E-state index is 0.0388. The molecule has 1 unspecified atom stereocenters. The highest BCUT2D eigenvalue weighted by Crippen LogP contribution is 2.18. The summed E-state index contributed by atoms with van der Waals surface area (Å²) in [5.41, 5.74) is 6.74. The first-order valence-electron chi connectivity index (χ1n) is 5.82. The molecule has 0 spiro atoms. The minimum Gasteiger partial charge on any atom is -0.494 e. The Balaban J connectivity index is 2.54. The van der Waals surface area contributed by atoms with E-state index in [0.717, 1.165) is 5.56 Å². The van der Waals surface area contributed by atoms with Gasteiger partial charge in [-0.15, -0.1) is 0 Å². The van der Waals surface area contributed by atoms with Crippen molar-refractivity contribution in [3.63, 3.8) is 0 Å². The van der Waals surface area contributed by atoms with Crippen LogP contribution >= 0.6 is 0 Å². The summed E-state index contributed by atoms with van der Waals surface area (Å²) in [6.07, 6.45) is 0. The van der Waals surface area contributed by atoms with Gasteiger partial charge in [0.25, 0.3) is 0 Å². The van der Waals surface area contributed by atoms with Gasteiger partial charge in [0.2, 0.25) is 0 Å². The van der Waals surface area contributed by atoms with E-state index in [1.165, 1.54) is 13.2 Å². The third-order valence-electron chi connectivity index (χ3n) is 2.60. The highest BCUT2D eigenvalue weighted by molar-refractivity contribution is 5.29. The lowest BCUT2D eigenvalue weighted by atomic mass is 10.2. The van der Waals surface area contributed by atoms with E-state index in [-0.39, 0.29) is 17.6 Å². The number of rotatable bonds is 7. The van der Waals surface area contributed by atoms with Gasteiger partial charge in [0.1, 0.15) is 0 Å². The average Bonchev–Trinajstić information content (AvgIpc) is 2.29. The summed E-state index contributed by atoms with van der Waals surface area (Å²) in [5.74, 6) is -0.0814. The van der Waals surface area contributed by atoms with Crippen molar-refractivity contribution in [2.24, 2.45) is 5.73 Å². The van der Waals surface area contributed by atoms with Gasteiger partial charge in [-0.25, -0.2) is 4.39 Å². The molecular weight excluding hydrogens is 235 g/mol. The Bertz CT molecular complexity index is 374. The van der Waals surface area contributed by atoms with E-state index in [9.17, 15) is 4.39 Å². The van der Waals surface area contributed by atoms with Crippen molar-refractivity contribution in [1.29, 1.82) is 0 Å². The van der Waals surface area contributed by atoms with Crippen LogP contribution in [0.5, 0.6) is 5.75 Å². The number of halogens is 1. The second-order valence-electron chi connectivity index (χ2n) is 4.38. The summed E-state index contributed by atoms with van der Waals surface area (Å²) in [6.45, 7) is 1.85. The lowest BCUT2D eigenvalue weighted by Crippen LogP contribution is -2.38. The molecule has 1 aromatic carbocycles. The zero-order valence-electron chi connectivity index (χ0n) is 11.1. The largest absolute Gasteiger partial charge is 0.494 e. The molecule has 0 saturated heterocycles. The van der Waals surface area contributed by atoms with Crippen molar-refractivity contribution in [1.82, 2.24) is 4.90 Å². The van der Waals surface area contributed by atoms with Gasteiger partial charge in [0, 0.05) is 26.2 Å². The molecule has 102 valence electrons. The molecule has 4 nitrogen and oxygen atoms in total. The van der Waals surface area contributed by atoms with Crippen molar-refractivity contribution in [2.75, 3.05) is 34.4 Å². The molecule has 0 aliphatic heterocycles. The Hall–Kier alpha value is -1.17. The Kier molecular flexibility index (Phi) is 6.04. The van der Waals surface area contributed by atoms with Gasteiger partial charge < -0.3 is 20.1 Å². The van der Waals surface area contributed by atoms with Gasteiger partial charge in [-0.1, -0.05) is 6.07 Å². The van der Waals surface area contributed by atoms with Gasteiger partial charge in [-0.2, -0.15) is 0 Å². The lowest BCUT2D eigenvalue weighted by Gasteiger charge is -2.21. The summed E-state index contributed by atoms with van der Waals surface area (Å²) in [4.78, 5) is 2.03. The molecule has 0 aromatic heterocycles. The summed E-state index contributed by atoms with van der Waals surface area (Å²) in [6, 6.07) is 4.92. The van der Waals surface area contributed by atoms with Crippen molar-refractivity contribution >= 4 is 0 Å². The summed E-state index contributed by atoms with van der Waals surface area (Å²) >= 11 is 0. The highest BCUT2D eigenvalue weighted by Gasteiger charge is 2.09. The van der Waals surface area contributed by atoms with Crippen LogP contribution in [0, 0.1) is 5.82 Å². The molecule has 18 heavy (non-hydrogen) atoms. The maximum absolute atomic E-state index is 13.5. The maximum Gasteiger partial charge on any atom is 0.165 e. The van der Waals surface area contributed by atoms with E-state index in [1.807, 2.05) is 18.0 Å². The molecule has 1 aromatic rings. The molecule has 0 aliphatic rings. The molecule has 0 heterocycles. The Morgan fingerprint density at radius 1 is 1.39 bits per heavy atom. The second-order valence-corrected chi connectivity index (χ2v) is 4.38. The SMILES string of the molecule is COCC(N)CN(C)Cc1ccc(OC)c(F)c1. The van der Waals surface area contributed by atoms with Crippen LogP contribution in [0.1, 0.15) is 5.56 Å². The quantitative estimate of drug-likeness (QED) is 0.797. The van der Waals surface area contributed by atoms with Crippen LogP contribution in [0.25, 0.3) is 0 Å². The van der Waals surface area contributed by atoms with Crippen LogP contribution < -0.4 is 10.5 Å². The fourth-order valence-corrected chi connectivity index (χ4v) is 1.85. The Morgan fingerprint density at radius 3 is 2.67 bits per heavy atom. The van der Waals surface area contributed by atoms with Crippen molar-refractivity contribution in [3.05, 3.63) is 29.6 Å². The first-order valence-corrected chi connectivity index (χ1v) is 5.82. The highest BCUT2D eigenvalue weighted by atomic mass is 19.1. The second kappa shape index (κ2) is 7.31. The minimum atomic E-state index is -0.343. The summed E-state index contributed by atoms with van der Waals surface area (Å²) in [5, 5.41) is 0. The van der Waals surface area contributed by atoms with Gasteiger partial charge in [-0.05, 0) is 24.7 Å². The molecule has 2 N–H and O–H groups in total. The van der Waals surface area contributed by atoms with E-state index in [0.29, 0.717) is 19.7 Å². The molecule has 0 amide bonds. The first kappa shape index (κ1) is 14.9. The number of nitrogens with zero attached hydrogens (tertiary/aromatic N) is 1. The lowest BCUT2D eigenvalue weighted by molar-refractivity contribution is 0.160. The summed E-state index contributed by atoms with van der Waals surface area (Å²) in [7, 11) is 5.02. The predicted octanol–water partition coefficient (Wildman–Crippen LogP) is 1.24. The smallest absolute Gasteiger partial charge is 0.165 e. The van der Waals surface area contributed by atoms with E-state index in [4.69, 9.17) is 15.2 Å². The van der Waals surface area contributed by atoms with Crippen LogP contribution in [0.3, 0.4) is 0 Å². The molecular formula is C13H21FN2O2. The van der Waals surface area contributed by atoms with Gasteiger partial charge in [-0.3, -0.25) is 0 Å². The fourth-order valence-electron chi connectivity index (χ4n) is 1.85. The van der Waals surface area contributed by atoms with Crippen molar-refractivity contribution in [2.45, 2.75) is 12.6 Å². The van der Waals surface area contributed by atoms with Crippen LogP contribution in [0.15, 0.2) is 18.2 Å². The zero-order chi connectivity index (χ0) is 13.5. The van der Waals surface area contributed by atoms with E-state index < -0.39 is 0 Å². The third-order valence-corrected chi connectivity index (χ3v) is 2.60. The number of methoxy groups -OCH3 is 2. The van der Waals surface area contributed by atoms with Crippen LogP contribution in [-0.4, -0.2) is 45.4 Å². The molecule has 0 saturated carbocycles. The number of nitrogens with two attached hydrogens (primary N) is 1. The fraction of sp³-hybridized carbons (Fsp3) is 0.538. The van der Waals surface area contributed by atoms with E-state index in [1.54, 1.807) is 13.2 Å². The molecule has 0 bridgehead atoms. The summed E-state index contributed by atoms with van der Waals surface area (Å²) < 4.78 is 23.3. The number of likely N-dealkylation sites (N-methyl/N-ethyl adjacent to an activating group) is 1. The molecule has 5 heteroatoms. The Labute approximate surface area is 107 Å². The van der Waals surface area contributed by atoms with Crippen LogP contribution in [0.4, 0.5) is 4.39 Å². The number of hydrogen-bond acceptors (Lipinski definition) is 4. The Morgan fingerprint density at radius 2 is 2.11 bits per heavy atom. The standard InChI is InChI=1S/C13H21FN2O2/c1-16(8-11(15)9-17-2)7-10-4-5-13(18-3)12(14)6-10/h4-6,11H,7-9,15H2,1-3H3. The third kappa shape index (κ3) is 4.60. The van der Waals surface area contributed by atoms with Gasteiger partial charge >= 0.3 is 0 Å². The molecule has 0 radical (unpaired) electrons. The first-order chi connectivity index (χ1) is 8.56. The van der Waals surface area contributed by atoms with Gasteiger partial charge in [0.05, 0.1) is 13.7 Å². The topological polar surface area (TPSA) is 47.7 Å². The molecule has 0 fully saturated rings. The zero-order valence-corrected chi connectivity index (χ0v) is 11.1. The van der Waals surface area contributed by atoms with Crippen molar-refractivity contribution in [3.8, 4) is 5.75 Å². The van der Waals surface area contributed by atoms with Crippen LogP contribution in [0.2, 0.25) is 0 Å². The van der Waals surface area contributed by atoms with E-state index >= 15 is 0 Å². The number of hydrogen-bond donors (Lipinski definition) is 1. The molecule has 0 aliphatic carbocycles. The number of ether oxygens (including phenoxy) is 2. The molecule has 1 atom stereocenters.